The molecule has 0 spiro atoms. The predicted octanol–water partition coefficient (Wildman–Crippen LogP) is 3.45. The molecule has 0 fully saturated rings. The molecule has 23 heavy (non-hydrogen) atoms. The van der Waals surface area contributed by atoms with Crippen LogP contribution in [0, 0.1) is 5.92 Å². The van der Waals surface area contributed by atoms with E-state index in [1.807, 2.05) is 36.4 Å². The number of hydrogen-bond donors (Lipinski definition) is 1. The third-order valence-electron chi connectivity index (χ3n) is 4.15. The topological polar surface area (TPSA) is 47.6 Å². The highest BCUT2D eigenvalue weighted by Crippen LogP contribution is 2.31. The normalized spacial score (nSPS) is 16.2. The molecule has 1 atom stereocenters. The van der Waals surface area contributed by atoms with Gasteiger partial charge in [-0.15, -0.1) is 0 Å². The first-order valence-corrected chi connectivity index (χ1v) is 7.89. The van der Waals surface area contributed by atoms with E-state index in [1.165, 1.54) is 5.56 Å². The quantitative estimate of drug-likeness (QED) is 0.941. The molecule has 0 unspecified atom stereocenters. The average Bonchev–Trinajstić information content (AvgIpc) is 2.60. The lowest BCUT2D eigenvalue weighted by atomic mass is 9.95. The summed E-state index contributed by atoms with van der Waals surface area (Å²) in [6.07, 6.45) is 1.61. The molecule has 2 aromatic carbocycles. The van der Waals surface area contributed by atoms with Crippen molar-refractivity contribution in [1.82, 2.24) is 0 Å². The minimum atomic E-state index is -0.195. The monoisotopic (exact) mass is 311 g/mol. The Bertz CT molecular complexity index is 712. The summed E-state index contributed by atoms with van der Waals surface area (Å²) in [6.45, 7) is 2.50. The fourth-order valence-corrected chi connectivity index (χ4v) is 2.78. The van der Waals surface area contributed by atoms with Crippen LogP contribution in [0.3, 0.4) is 0 Å². The molecule has 120 valence electrons. The lowest BCUT2D eigenvalue weighted by Gasteiger charge is -2.25. The minimum Gasteiger partial charge on any atom is -0.497 e. The van der Waals surface area contributed by atoms with Crippen LogP contribution < -0.4 is 14.8 Å². The number of amides is 1. The maximum Gasteiger partial charge on any atom is 0.231 e. The van der Waals surface area contributed by atoms with Gasteiger partial charge in [-0.3, -0.25) is 4.79 Å². The first-order chi connectivity index (χ1) is 11.2. The van der Waals surface area contributed by atoms with Crippen LogP contribution in [0.1, 0.15) is 18.1 Å². The Morgan fingerprint density at radius 3 is 2.96 bits per heavy atom. The zero-order valence-electron chi connectivity index (χ0n) is 13.5. The standard InChI is InChI=1S/C19H21NO3/c1-3-13-5-4-6-16(9-13)20-19(21)15-10-14-11-17(22-2)7-8-18(14)23-12-15/h4-9,11,15H,3,10,12H2,1-2H3,(H,20,21)/t15-/m1/s1. The molecule has 1 aliphatic heterocycles. The molecule has 1 amide bonds. The number of fused-ring (bicyclic) bond motifs is 1. The maximum absolute atomic E-state index is 12.5. The summed E-state index contributed by atoms with van der Waals surface area (Å²) in [7, 11) is 1.64. The number of anilines is 1. The van der Waals surface area contributed by atoms with E-state index in [0.717, 1.165) is 29.2 Å². The van der Waals surface area contributed by atoms with Crippen molar-refractivity contribution in [3.05, 3.63) is 53.6 Å². The second-order valence-electron chi connectivity index (χ2n) is 5.73. The second-order valence-corrected chi connectivity index (χ2v) is 5.73. The third-order valence-corrected chi connectivity index (χ3v) is 4.15. The summed E-state index contributed by atoms with van der Waals surface area (Å²) in [5.41, 5.74) is 3.06. The number of methoxy groups -OCH3 is 1. The molecule has 0 bridgehead atoms. The molecule has 0 aliphatic carbocycles. The zero-order valence-corrected chi connectivity index (χ0v) is 13.5. The van der Waals surface area contributed by atoms with Crippen LogP contribution in [0.2, 0.25) is 0 Å². The van der Waals surface area contributed by atoms with Gasteiger partial charge in [0.1, 0.15) is 18.1 Å². The Morgan fingerprint density at radius 2 is 2.17 bits per heavy atom. The second kappa shape index (κ2) is 6.73. The number of aryl methyl sites for hydroxylation is 1. The Balaban J connectivity index is 1.71. The van der Waals surface area contributed by atoms with Gasteiger partial charge in [0.2, 0.25) is 5.91 Å². The van der Waals surface area contributed by atoms with Gasteiger partial charge in [0.15, 0.2) is 0 Å². The molecule has 4 nitrogen and oxygen atoms in total. The first kappa shape index (κ1) is 15.4. The molecule has 0 radical (unpaired) electrons. The highest BCUT2D eigenvalue weighted by Gasteiger charge is 2.26. The molecular weight excluding hydrogens is 290 g/mol. The molecule has 1 aliphatic rings. The van der Waals surface area contributed by atoms with Gasteiger partial charge in [0.05, 0.1) is 13.0 Å². The average molecular weight is 311 g/mol. The smallest absolute Gasteiger partial charge is 0.231 e. The fraction of sp³-hybridized carbons (Fsp3) is 0.316. The van der Waals surface area contributed by atoms with Gasteiger partial charge in [-0.05, 0) is 54.3 Å². The van der Waals surface area contributed by atoms with E-state index in [1.54, 1.807) is 7.11 Å². The van der Waals surface area contributed by atoms with Crippen LogP contribution in [0.4, 0.5) is 5.69 Å². The summed E-state index contributed by atoms with van der Waals surface area (Å²) in [5.74, 6) is 1.42. The van der Waals surface area contributed by atoms with Crippen LogP contribution in [-0.4, -0.2) is 19.6 Å². The van der Waals surface area contributed by atoms with E-state index in [9.17, 15) is 4.79 Å². The molecule has 0 aromatic heterocycles. The Kier molecular flexibility index (Phi) is 4.51. The van der Waals surface area contributed by atoms with E-state index in [4.69, 9.17) is 9.47 Å². The number of hydrogen-bond acceptors (Lipinski definition) is 3. The van der Waals surface area contributed by atoms with Crippen molar-refractivity contribution in [2.45, 2.75) is 19.8 Å². The van der Waals surface area contributed by atoms with Gasteiger partial charge in [-0.1, -0.05) is 19.1 Å². The van der Waals surface area contributed by atoms with E-state index in [0.29, 0.717) is 13.0 Å². The van der Waals surface area contributed by atoms with Gasteiger partial charge < -0.3 is 14.8 Å². The summed E-state index contributed by atoms with van der Waals surface area (Å²) >= 11 is 0. The van der Waals surface area contributed by atoms with Gasteiger partial charge in [-0.2, -0.15) is 0 Å². The van der Waals surface area contributed by atoms with Gasteiger partial charge in [-0.25, -0.2) is 0 Å². The van der Waals surface area contributed by atoms with Crippen molar-refractivity contribution < 1.29 is 14.3 Å². The van der Waals surface area contributed by atoms with Gasteiger partial charge in [0, 0.05) is 5.69 Å². The maximum atomic E-state index is 12.5. The number of benzene rings is 2. The SMILES string of the molecule is CCc1cccc(NC(=O)[C@H]2COc3ccc(OC)cc3C2)c1. The first-order valence-electron chi connectivity index (χ1n) is 7.89. The Labute approximate surface area is 136 Å². The van der Waals surface area contributed by atoms with Crippen molar-refractivity contribution in [1.29, 1.82) is 0 Å². The van der Waals surface area contributed by atoms with Crippen molar-refractivity contribution in [2.75, 3.05) is 19.0 Å². The summed E-state index contributed by atoms with van der Waals surface area (Å²) in [4.78, 5) is 12.5. The third kappa shape index (κ3) is 3.47. The highest BCUT2D eigenvalue weighted by molar-refractivity contribution is 5.93. The summed E-state index contributed by atoms with van der Waals surface area (Å²) in [6, 6.07) is 13.7. The number of carbonyl (C=O) groups excluding carboxylic acids is 1. The predicted molar refractivity (Wildman–Crippen MR) is 90.1 cm³/mol. The molecule has 1 N–H and O–H groups in total. The Morgan fingerprint density at radius 1 is 1.30 bits per heavy atom. The van der Waals surface area contributed by atoms with Crippen molar-refractivity contribution in [3.63, 3.8) is 0 Å². The minimum absolute atomic E-state index is 0.00766. The van der Waals surface area contributed by atoms with Gasteiger partial charge in [0.25, 0.3) is 0 Å². The number of ether oxygens (including phenoxy) is 2. The number of rotatable bonds is 4. The fourth-order valence-electron chi connectivity index (χ4n) is 2.78. The van der Waals surface area contributed by atoms with E-state index >= 15 is 0 Å². The van der Waals surface area contributed by atoms with E-state index in [2.05, 4.69) is 18.3 Å². The van der Waals surface area contributed by atoms with Crippen molar-refractivity contribution >= 4 is 11.6 Å². The molecule has 0 saturated heterocycles. The Hall–Kier alpha value is -2.49. The molecule has 1 heterocycles. The lowest BCUT2D eigenvalue weighted by molar-refractivity contribution is -0.121. The van der Waals surface area contributed by atoms with Crippen molar-refractivity contribution in [3.8, 4) is 11.5 Å². The molecular formula is C19H21NO3. The van der Waals surface area contributed by atoms with Gasteiger partial charge >= 0.3 is 0 Å². The summed E-state index contributed by atoms with van der Waals surface area (Å²) < 4.78 is 11.0. The van der Waals surface area contributed by atoms with E-state index in [-0.39, 0.29) is 11.8 Å². The van der Waals surface area contributed by atoms with Crippen LogP contribution in [-0.2, 0) is 17.6 Å². The molecule has 0 saturated carbocycles. The molecule has 3 rings (SSSR count). The highest BCUT2D eigenvalue weighted by atomic mass is 16.5. The zero-order chi connectivity index (χ0) is 16.2. The summed E-state index contributed by atoms with van der Waals surface area (Å²) in [5, 5.41) is 3.00. The molecule has 4 heteroatoms. The lowest BCUT2D eigenvalue weighted by Crippen LogP contribution is -2.32. The van der Waals surface area contributed by atoms with Crippen LogP contribution in [0.25, 0.3) is 0 Å². The van der Waals surface area contributed by atoms with Crippen LogP contribution in [0.15, 0.2) is 42.5 Å². The number of nitrogens with one attached hydrogen (secondary N) is 1. The largest absolute Gasteiger partial charge is 0.497 e. The van der Waals surface area contributed by atoms with Crippen LogP contribution >= 0.6 is 0 Å². The van der Waals surface area contributed by atoms with Crippen LogP contribution in [0.5, 0.6) is 11.5 Å². The number of carbonyl (C=O) groups is 1. The molecule has 2 aromatic rings. The van der Waals surface area contributed by atoms with E-state index < -0.39 is 0 Å². The van der Waals surface area contributed by atoms with Crippen molar-refractivity contribution in [2.24, 2.45) is 5.92 Å².